The summed E-state index contributed by atoms with van der Waals surface area (Å²) >= 11 is 0. The highest BCUT2D eigenvalue weighted by Crippen LogP contribution is 2.35. The maximum absolute atomic E-state index is 12.2. The van der Waals surface area contributed by atoms with Crippen LogP contribution >= 0.6 is 0 Å². The lowest BCUT2D eigenvalue weighted by Crippen LogP contribution is -2.39. The lowest BCUT2D eigenvalue weighted by molar-refractivity contribution is 0.193. The van der Waals surface area contributed by atoms with Crippen molar-refractivity contribution in [2.75, 3.05) is 13.6 Å². The normalized spacial score (nSPS) is 24.6. The van der Waals surface area contributed by atoms with Crippen LogP contribution in [0.1, 0.15) is 5.76 Å². The molecular weight excluding hydrogens is 259 g/mol. The lowest BCUT2D eigenvalue weighted by atomic mass is 9.85. The van der Waals surface area contributed by atoms with E-state index in [4.69, 9.17) is 14.5 Å². The van der Waals surface area contributed by atoms with Crippen LogP contribution < -0.4 is 0 Å². The molecule has 0 aliphatic carbocycles. The molecule has 2 amide bonds. The van der Waals surface area contributed by atoms with Gasteiger partial charge in [-0.2, -0.15) is 0 Å². The second kappa shape index (κ2) is 5.03. The van der Waals surface area contributed by atoms with Gasteiger partial charge in [0.15, 0.2) is 12.2 Å². The molecule has 1 aromatic heterocycles. The number of fused-ring (bicyclic) bond motifs is 2. The van der Waals surface area contributed by atoms with Gasteiger partial charge >= 0.3 is 13.5 Å². The number of oxazole rings is 1. The molecule has 0 spiro atoms. The Morgan fingerprint density at radius 1 is 1.70 bits per heavy atom. The lowest BCUT2D eigenvalue weighted by Gasteiger charge is -2.28. The van der Waals surface area contributed by atoms with E-state index in [1.807, 2.05) is 6.08 Å². The molecule has 7 nitrogen and oxygen atoms in total. The van der Waals surface area contributed by atoms with Gasteiger partial charge in [0.05, 0.1) is 12.2 Å². The summed E-state index contributed by atoms with van der Waals surface area (Å²) in [4.78, 5) is 19.7. The van der Waals surface area contributed by atoms with Crippen LogP contribution in [0.4, 0.5) is 4.79 Å². The Kier molecular flexibility index (Phi) is 3.21. The Bertz CT molecular complexity index is 545. The molecule has 0 saturated carbocycles. The molecule has 1 saturated heterocycles. The molecule has 20 heavy (non-hydrogen) atoms. The van der Waals surface area contributed by atoms with E-state index in [9.17, 15) is 4.79 Å². The first-order valence-corrected chi connectivity index (χ1v) is 6.32. The third-order valence-corrected chi connectivity index (χ3v) is 3.73. The molecular formula is C12H14BN4O3. The third-order valence-electron chi connectivity index (χ3n) is 3.73. The minimum Gasteiger partial charge on any atom is -0.556 e. The molecule has 2 aliphatic rings. The van der Waals surface area contributed by atoms with E-state index in [1.165, 1.54) is 13.9 Å². The van der Waals surface area contributed by atoms with E-state index in [2.05, 4.69) is 4.98 Å². The Balaban J connectivity index is 1.88. The first-order chi connectivity index (χ1) is 9.72. The zero-order valence-corrected chi connectivity index (χ0v) is 11.0. The second-order valence-corrected chi connectivity index (χ2v) is 4.77. The fourth-order valence-electron chi connectivity index (χ4n) is 2.72. The van der Waals surface area contributed by atoms with E-state index in [0.29, 0.717) is 18.6 Å². The smallest absolute Gasteiger partial charge is 0.373 e. The van der Waals surface area contributed by atoms with Crippen LogP contribution in [-0.2, 0) is 4.65 Å². The van der Waals surface area contributed by atoms with E-state index >= 15 is 0 Å². The highest BCUT2D eigenvalue weighted by Gasteiger charge is 2.44. The van der Waals surface area contributed by atoms with Crippen LogP contribution in [0.25, 0.3) is 5.57 Å². The van der Waals surface area contributed by atoms with Gasteiger partial charge in [-0.05, 0) is 6.32 Å². The standard InChI is InChI=1S/C12H14BN4O3/c1-16-10-5-17(12(16)18)8(3-13-20-6-14)2-9(10)11-4-15-7-19-11/h2,4,6-8,10,14H,3,5H2,1H3/t8-,10?/m0/s1. The Hall–Kier alpha value is -2.25. The Morgan fingerprint density at radius 3 is 3.25 bits per heavy atom. The van der Waals surface area contributed by atoms with Gasteiger partial charge < -0.3 is 18.9 Å². The topological polar surface area (TPSA) is 82.7 Å². The molecule has 1 unspecified atom stereocenters. The molecule has 1 N–H and O–H groups in total. The molecule has 1 fully saturated rings. The van der Waals surface area contributed by atoms with Crippen molar-refractivity contribution in [2.24, 2.45) is 0 Å². The number of likely N-dealkylation sites (N-methyl/N-ethyl adjacent to an activating group) is 1. The summed E-state index contributed by atoms with van der Waals surface area (Å²) in [6, 6.07) is -0.104. The van der Waals surface area contributed by atoms with Crippen LogP contribution in [0, 0.1) is 5.41 Å². The minimum absolute atomic E-state index is 0.00430. The first kappa shape index (κ1) is 12.8. The van der Waals surface area contributed by atoms with Gasteiger partial charge in [-0.25, -0.2) is 9.78 Å². The molecule has 103 valence electrons. The number of amides is 2. The molecule has 8 heteroatoms. The van der Waals surface area contributed by atoms with Crippen molar-refractivity contribution in [3.8, 4) is 0 Å². The highest BCUT2D eigenvalue weighted by atomic mass is 16.4. The number of nitrogens with one attached hydrogen (secondary N) is 1. The summed E-state index contributed by atoms with van der Waals surface area (Å²) in [5.41, 5.74) is 0.973. The van der Waals surface area contributed by atoms with E-state index in [-0.39, 0.29) is 18.1 Å². The number of urea groups is 1. The van der Waals surface area contributed by atoms with Crippen molar-refractivity contribution in [1.82, 2.24) is 14.8 Å². The SMILES string of the molecule is CN1C(=O)N2CC1C(c1cnco1)=C[C@H]2C[B]OC=N. The van der Waals surface area contributed by atoms with Crippen molar-refractivity contribution in [3.63, 3.8) is 0 Å². The maximum Gasteiger partial charge on any atom is 0.373 e. The van der Waals surface area contributed by atoms with Gasteiger partial charge in [-0.3, -0.25) is 5.41 Å². The van der Waals surface area contributed by atoms with Crippen molar-refractivity contribution < 1.29 is 13.9 Å². The van der Waals surface area contributed by atoms with Crippen molar-refractivity contribution in [3.05, 3.63) is 24.4 Å². The fourth-order valence-corrected chi connectivity index (χ4v) is 2.72. The number of carbonyl (C=O) groups excluding carboxylic acids is 1. The van der Waals surface area contributed by atoms with Gasteiger partial charge in [-0.15, -0.1) is 0 Å². The third kappa shape index (κ3) is 1.97. The number of hydrogen-bond acceptors (Lipinski definition) is 5. The molecule has 0 aromatic carbocycles. The number of hydrogen-bond donors (Lipinski definition) is 1. The monoisotopic (exact) mass is 273 g/mol. The van der Waals surface area contributed by atoms with E-state index < -0.39 is 0 Å². The van der Waals surface area contributed by atoms with Crippen molar-refractivity contribution in [2.45, 2.75) is 18.4 Å². The van der Waals surface area contributed by atoms with Gasteiger partial charge in [-0.1, -0.05) is 6.08 Å². The average molecular weight is 273 g/mol. The Morgan fingerprint density at radius 2 is 2.55 bits per heavy atom. The summed E-state index contributed by atoms with van der Waals surface area (Å²) in [5.74, 6) is 0.689. The van der Waals surface area contributed by atoms with Crippen LogP contribution in [0.2, 0.25) is 6.32 Å². The molecule has 2 aliphatic heterocycles. The summed E-state index contributed by atoms with van der Waals surface area (Å²) < 4.78 is 10.2. The number of nitrogens with zero attached hydrogens (tertiary/aromatic N) is 3. The van der Waals surface area contributed by atoms with Crippen LogP contribution in [0.3, 0.4) is 0 Å². The summed E-state index contributed by atoms with van der Waals surface area (Å²) in [6.45, 7) is 0.630. The fraction of sp³-hybridized carbons (Fsp3) is 0.417. The molecule has 2 atom stereocenters. The average Bonchev–Trinajstić information content (AvgIpc) is 3.06. The van der Waals surface area contributed by atoms with Crippen LogP contribution in [0.5, 0.6) is 0 Å². The van der Waals surface area contributed by atoms with Crippen molar-refractivity contribution in [1.29, 1.82) is 5.41 Å². The molecule has 1 radical (unpaired) electrons. The molecule has 3 rings (SSSR count). The van der Waals surface area contributed by atoms with Crippen molar-refractivity contribution >= 4 is 25.5 Å². The summed E-state index contributed by atoms with van der Waals surface area (Å²) in [7, 11) is 3.31. The quantitative estimate of drug-likeness (QED) is 0.373. The van der Waals surface area contributed by atoms with Crippen LogP contribution in [-0.4, -0.2) is 60.4 Å². The van der Waals surface area contributed by atoms with Gasteiger partial charge in [0, 0.05) is 25.2 Å². The zero-order valence-electron chi connectivity index (χ0n) is 11.0. The minimum atomic E-state index is -0.0938. The van der Waals surface area contributed by atoms with E-state index in [1.54, 1.807) is 23.0 Å². The molecule has 3 heterocycles. The van der Waals surface area contributed by atoms with E-state index in [0.717, 1.165) is 12.0 Å². The van der Waals surface area contributed by atoms with Gasteiger partial charge in [0.2, 0.25) is 0 Å². The number of carbonyl (C=O) groups is 1. The maximum atomic E-state index is 12.2. The predicted octanol–water partition coefficient (Wildman–Crippen LogP) is 0.837. The largest absolute Gasteiger partial charge is 0.556 e. The second-order valence-electron chi connectivity index (χ2n) is 4.77. The highest BCUT2D eigenvalue weighted by molar-refractivity contribution is 6.29. The summed E-state index contributed by atoms with van der Waals surface area (Å²) in [5, 5.41) is 6.84. The predicted molar refractivity (Wildman–Crippen MR) is 72.4 cm³/mol. The molecule has 2 bridgehead atoms. The zero-order chi connectivity index (χ0) is 14.1. The summed E-state index contributed by atoms with van der Waals surface area (Å²) in [6.07, 6.45) is 6.45. The number of rotatable bonds is 5. The molecule has 1 aromatic rings. The Labute approximate surface area is 117 Å². The van der Waals surface area contributed by atoms with Gasteiger partial charge in [0.1, 0.15) is 6.40 Å². The van der Waals surface area contributed by atoms with Crippen LogP contribution in [0.15, 0.2) is 23.1 Å². The first-order valence-electron chi connectivity index (χ1n) is 6.32. The van der Waals surface area contributed by atoms with Gasteiger partial charge in [0.25, 0.3) is 0 Å². The number of aromatic nitrogens is 1.